The Bertz CT molecular complexity index is 735. The van der Waals surface area contributed by atoms with Crippen molar-refractivity contribution in [3.05, 3.63) is 58.7 Å². The summed E-state index contributed by atoms with van der Waals surface area (Å²) < 4.78 is 4.95. The number of carbonyl (C=O) groups excluding carboxylic acids is 2. The molecule has 0 aliphatic rings. The van der Waals surface area contributed by atoms with Crippen molar-refractivity contribution in [3.63, 3.8) is 0 Å². The number of para-hydroxylation sites is 2. The van der Waals surface area contributed by atoms with Gasteiger partial charge in [0.15, 0.2) is 11.8 Å². The number of carbonyl (C=O) groups is 2. The highest BCUT2D eigenvalue weighted by Gasteiger charge is 2.22. The summed E-state index contributed by atoms with van der Waals surface area (Å²) in [6.45, 7) is 1.35. The predicted octanol–water partition coefficient (Wildman–Crippen LogP) is 1.57. The Morgan fingerprint density at radius 3 is 2.70 bits per heavy atom. The van der Waals surface area contributed by atoms with Crippen LogP contribution in [0.5, 0.6) is 0 Å². The molecule has 118 valence electrons. The largest absolute Gasteiger partial charge is 0.448 e. The number of anilines is 1. The summed E-state index contributed by atoms with van der Waals surface area (Å²) in [6, 6.07) is 5.66. The van der Waals surface area contributed by atoms with Crippen LogP contribution in [-0.4, -0.2) is 32.9 Å². The van der Waals surface area contributed by atoms with Crippen LogP contribution in [0.2, 0.25) is 0 Å². The van der Waals surface area contributed by atoms with Crippen LogP contribution in [0.1, 0.15) is 17.4 Å². The number of ether oxygens (including phenoxy) is 1. The molecule has 1 aromatic carbocycles. The molecule has 9 heteroatoms. The fourth-order valence-electron chi connectivity index (χ4n) is 1.65. The van der Waals surface area contributed by atoms with E-state index in [-0.39, 0.29) is 17.1 Å². The summed E-state index contributed by atoms with van der Waals surface area (Å²) in [6.07, 6.45) is 2.75. The van der Waals surface area contributed by atoms with Crippen LogP contribution >= 0.6 is 0 Å². The third-order valence-corrected chi connectivity index (χ3v) is 2.78. The molecule has 1 N–H and O–H groups in total. The van der Waals surface area contributed by atoms with Gasteiger partial charge in [0.05, 0.1) is 11.1 Å². The minimum Gasteiger partial charge on any atom is -0.448 e. The number of rotatable bonds is 5. The molecule has 0 aliphatic carbocycles. The number of amides is 1. The normalized spacial score (nSPS) is 11.3. The van der Waals surface area contributed by atoms with E-state index < -0.39 is 22.9 Å². The van der Waals surface area contributed by atoms with Crippen molar-refractivity contribution < 1.29 is 19.2 Å². The molecule has 2 aromatic rings. The molecule has 0 spiro atoms. The smallest absolute Gasteiger partial charge is 0.359 e. The van der Waals surface area contributed by atoms with Crippen LogP contribution in [0.3, 0.4) is 0 Å². The van der Waals surface area contributed by atoms with Crippen LogP contribution in [0, 0.1) is 10.1 Å². The molecule has 0 bridgehead atoms. The molecule has 1 aromatic heterocycles. The number of nitro benzene ring substituents is 1. The molecule has 1 amide bonds. The molecular weight excluding hydrogens is 304 g/mol. The standard InChI is InChI=1S/C14H12N4O5/c1-9(23-14(20)11-8-15-6-7-16-11)13(19)17-10-4-2-3-5-12(10)18(21)22/h2-9H,1H3,(H,17,19)/t9-/m1/s1. The lowest BCUT2D eigenvalue weighted by Crippen LogP contribution is -2.30. The number of aromatic nitrogens is 2. The first-order chi connectivity index (χ1) is 11.0. The minimum atomic E-state index is -1.16. The number of nitro groups is 1. The number of esters is 1. The summed E-state index contributed by atoms with van der Waals surface area (Å²) in [7, 11) is 0. The summed E-state index contributed by atoms with van der Waals surface area (Å²) in [4.78, 5) is 41.5. The van der Waals surface area contributed by atoms with Crippen LogP contribution in [-0.2, 0) is 9.53 Å². The third-order valence-electron chi connectivity index (χ3n) is 2.78. The molecule has 1 atom stereocenters. The van der Waals surface area contributed by atoms with E-state index in [4.69, 9.17) is 4.74 Å². The highest BCUT2D eigenvalue weighted by Crippen LogP contribution is 2.23. The SMILES string of the molecule is C[C@@H](OC(=O)c1cnccn1)C(=O)Nc1ccccc1[N+](=O)[O-]. The highest BCUT2D eigenvalue weighted by atomic mass is 16.6. The van der Waals surface area contributed by atoms with Gasteiger partial charge in [-0.1, -0.05) is 12.1 Å². The quantitative estimate of drug-likeness (QED) is 0.504. The number of hydrogen-bond acceptors (Lipinski definition) is 7. The van der Waals surface area contributed by atoms with Crippen molar-refractivity contribution >= 4 is 23.3 Å². The van der Waals surface area contributed by atoms with Crippen molar-refractivity contribution in [1.29, 1.82) is 0 Å². The van der Waals surface area contributed by atoms with Gasteiger partial charge in [0.25, 0.3) is 11.6 Å². The molecule has 2 rings (SSSR count). The molecule has 23 heavy (non-hydrogen) atoms. The molecule has 9 nitrogen and oxygen atoms in total. The molecule has 0 aliphatic heterocycles. The van der Waals surface area contributed by atoms with E-state index in [9.17, 15) is 19.7 Å². The zero-order valence-electron chi connectivity index (χ0n) is 12.0. The summed E-state index contributed by atoms with van der Waals surface area (Å²) in [5, 5.41) is 13.2. The number of hydrogen-bond donors (Lipinski definition) is 1. The van der Waals surface area contributed by atoms with Gasteiger partial charge in [-0.3, -0.25) is 19.9 Å². The second-order valence-electron chi connectivity index (χ2n) is 4.40. The van der Waals surface area contributed by atoms with Crippen molar-refractivity contribution in [1.82, 2.24) is 9.97 Å². The Morgan fingerprint density at radius 1 is 1.30 bits per heavy atom. The number of benzene rings is 1. The van der Waals surface area contributed by atoms with Gasteiger partial charge < -0.3 is 10.1 Å². The van der Waals surface area contributed by atoms with Gasteiger partial charge >= 0.3 is 5.97 Å². The van der Waals surface area contributed by atoms with E-state index in [2.05, 4.69) is 15.3 Å². The Kier molecular flexibility index (Phi) is 4.92. The van der Waals surface area contributed by atoms with Gasteiger partial charge in [-0.25, -0.2) is 9.78 Å². The van der Waals surface area contributed by atoms with Gasteiger partial charge in [-0.05, 0) is 13.0 Å². The molecule has 0 radical (unpaired) electrons. The number of nitrogens with zero attached hydrogens (tertiary/aromatic N) is 3. The molecular formula is C14H12N4O5. The van der Waals surface area contributed by atoms with Crippen molar-refractivity contribution in [3.8, 4) is 0 Å². The number of nitrogens with one attached hydrogen (secondary N) is 1. The Labute approximate surface area is 130 Å². The molecule has 1 heterocycles. The van der Waals surface area contributed by atoms with Crippen molar-refractivity contribution in [2.24, 2.45) is 0 Å². The van der Waals surface area contributed by atoms with Gasteiger partial charge in [0.2, 0.25) is 0 Å². The lowest BCUT2D eigenvalue weighted by molar-refractivity contribution is -0.383. The molecule has 0 fully saturated rings. The van der Waals surface area contributed by atoms with Crippen LogP contribution in [0.15, 0.2) is 42.9 Å². The van der Waals surface area contributed by atoms with Gasteiger partial charge in [-0.15, -0.1) is 0 Å². The monoisotopic (exact) mass is 316 g/mol. The lowest BCUT2D eigenvalue weighted by atomic mass is 10.2. The van der Waals surface area contributed by atoms with E-state index in [0.29, 0.717) is 0 Å². The first-order valence-electron chi connectivity index (χ1n) is 6.50. The summed E-state index contributed by atoms with van der Waals surface area (Å²) in [5.41, 5.74) is -0.281. The third kappa shape index (κ3) is 4.06. The molecule has 0 saturated carbocycles. The van der Waals surface area contributed by atoms with E-state index >= 15 is 0 Å². The maximum Gasteiger partial charge on any atom is 0.359 e. The van der Waals surface area contributed by atoms with Gasteiger partial charge in [-0.2, -0.15) is 0 Å². The fraction of sp³-hybridized carbons (Fsp3) is 0.143. The average Bonchev–Trinajstić information content (AvgIpc) is 2.55. The lowest BCUT2D eigenvalue weighted by Gasteiger charge is -2.13. The van der Waals surface area contributed by atoms with Crippen molar-refractivity contribution in [2.75, 3.05) is 5.32 Å². The first-order valence-corrected chi connectivity index (χ1v) is 6.50. The van der Waals surface area contributed by atoms with E-state index in [1.807, 2.05) is 0 Å². The van der Waals surface area contributed by atoms with Crippen molar-refractivity contribution in [2.45, 2.75) is 13.0 Å². The molecule has 0 saturated heterocycles. The zero-order chi connectivity index (χ0) is 16.8. The Balaban J connectivity index is 2.04. The minimum absolute atomic E-state index is 0.0184. The molecule has 0 unspecified atom stereocenters. The first kappa shape index (κ1) is 16.0. The van der Waals surface area contributed by atoms with E-state index in [1.165, 1.54) is 43.7 Å². The maximum atomic E-state index is 12.0. The van der Waals surface area contributed by atoms with Gasteiger partial charge in [0, 0.05) is 18.5 Å². The fourth-order valence-corrected chi connectivity index (χ4v) is 1.65. The maximum absolute atomic E-state index is 12.0. The van der Waals surface area contributed by atoms with Crippen LogP contribution in [0.25, 0.3) is 0 Å². The highest BCUT2D eigenvalue weighted by molar-refractivity contribution is 5.98. The van der Waals surface area contributed by atoms with E-state index in [1.54, 1.807) is 6.07 Å². The predicted molar refractivity (Wildman–Crippen MR) is 78.6 cm³/mol. The summed E-state index contributed by atoms with van der Waals surface area (Å²) >= 11 is 0. The second kappa shape index (κ2) is 7.07. The van der Waals surface area contributed by atoms with Gasteiger partial charge in [0.1, 0.15) is 5.69 Å². The van der Waals surface area contributed by atoms with Crippen LogP contribution < -0.4 is 5.32 Å². The topological polar surface area (TPSA) is 124 Å². The summed E-state index contributed by atoms with van der Waals surface area (Å²) in [5.74, 6) is -1.51. The Hall–Kier alpha value is -3.36. The Morgan fingerprint density at radius 2 is 2.04 bits per heavy atom. The van der Waals surface area contributed by atoms with Crippen LogP contribution in [0.4, 0.5) is 11.4 Å². The second-order valence-corrected chi connectivity index (χ2v) is 4.40. The van der Waals surface area contributed by atoms with E-state index in [0.717, 1.165) is 0 Å². The average molecular weight is 316 g/mol. The zero-order valence-corrected chi connectivity index (χ0v) is 12.0.